The maximum absolute atomic E-state index is 12.5. The van der Waals surface area contributed by atoms with E-state index in [1.54, 1.807) is 26.0 Å². The Morgan fingerprint density at radius 2 is 1.87 bits per heavy atom. The third-order valence-corrected chi connectivity index (χ3v) is 5.04. The van der Waals surface area contributed by atoms with E-state index in [1.165, 1.54) is 30.7 Å². The molecule has 1 aliphatic carbocycles. The lowest BCUT2D eigenvalue weighted by molar-refractivity contribution is -0.148. The number of ether oxygens (including phenoxy) is 1. The Balaban J connectivity index is 3.38. The molecule has 166 valence electrons. The fourth-order valence-corrected chi connectivity index (χ4v) is 3.06. The molecule has 0 saturated carbocycles. The van der Waals surface area contributed by atoms with E-state index in [0.717, 1.165) is 18.4 Å². The summed E-state index contributed by atoms with van der Waals surface area (Å²) in [6.45, 7) is 10.8. The first-order chi connectivity index (χ1) is 13.9. The highest BCUT2D eigenvalue weighted by Crippen LogP contribution is 2.33. The van der Waals surface area contributed by atoms with Crippen molar-refractivity contribution in [1.82, 2.24) is 0 Å². The molecule has 0 saturated heterocycles. The van der Waals surface area contributed by atoms with Gasteiger partial charge < -0.3 is 14.9 Å². The summed E-state index contributed by atoms with van der Waals surface area (Å²) in [5, 5.41) is 20.6. The van der Waals surface area contributed by atoms with Crippen molar-refractivity contribution in [1.29, 1.82) is 0 Å². The van der Waals surface area contributed by atoms with E-state index in [-0.39, 0.29) is 23.4 Å². The zero-order valence-electron chi connectivity index (χ0n) is 19.1. The fourth-order valence-electron chi connectivity index (χ4n) is 3.06. The topological polar surface area (TPSA) is 83.8 Å². The Kier molecular flexibility index (Phi) is 9.66. The summed E-state index contributed by atoms with van der Waals surface area (Å²) >= 11 is 0. The highest BCUT2D eigenvalue weighted by Gasteiger charge is 2.32. The lowest BCUT2D eigenvalue weighted by atomic mass is 9.80. The summed E-state index contributed by atoms with van der Waals surface area (Å²) in [5.74, 6) is -0.930. The third kappa shape index (κ3) is 8.64. The number of aliphatic hydroxyl groups excluding tert-OH is 1. The molecule has 0 aromatic carbocycles. The van der Waals surface area contributed by atoms with E-state index in [4.69, 9.17) is 4.74 Å². The standard InChI is InChI=1S/C25H36O5/c1-18(2)8-7-12-24(5)13-9-20(17-26)21(27)10-15-25(6,29)22(11-14-24)30-23(28)16-19(3)4/h8-11,14-16,22,26,29H,7,12-13,17H2,1-6H3/b14-11?,15-10+,20-9-. The average Bonchev–Trinajstić information content (AvgIpc) is 2.63. The predicted molar refractivity (Wildman–Crippen MR) is 120 cm³/mol. The number of aliphatic hydroxyl groups is 2. The van der Waals surface area contributed by atoms with Crippen molar-refractivity contribution in [2.45, 2.75) is 72.5 Å². The lowest BCUT2D eigenvalue weighted by Crippen LogP contribution is -2.39. The number of carbonyl (C=O) groups is 2. The van der Waals surface area contributed by atoms with Crippen LogP contribution in [0.4, 0.5) is 0 Å². The maximum atomic E-state index is 12.5. The molecule has 30 heavy (non-hydrogen) atoms. The van der Waals surface area contributed by atoms with Gasteiger partial charge in [-0.15, -0.1) is 0 Å². The lowest BCUT2D eigenvalue weighted by Gasteiger charge is -2.29. The highest BCUT2D eigenvalue weighted by molar-refractivity contribution is 6.04. The van der Waals surface area contributed by atoms with Crippen LogP contribution in [0.25, 0.3) is 0 Å². The van der Waals surface area contributed by atoms with Crippen LogP contribution in [0.2, 0.25) is 0 Å². The van der Waals surface area contributed by atoms with E-state index in [9.17, 15) is 19.8 Å². The first-order valence-electron chi connectivity index (χ1n) is 10.3. The molecule has 0 aromatic rings. The summed E-state index contributed by atoms with van der Waals surface area (Å²) < 4.78 is 5.52. The Morgan fingerprint density at radius 3 is 2.43 bits per heavy atom. The second-order valence-electron chi connectivity index (χ2n) is 8.93. The van der Waals surface area contributed by atoms with Gasteiger partial charge in [-0.05, 0) is 77.5 Å². The highest BCUT2D eigenvalue weighted by atomic mass is 16.6. The van der Waals surface area contributed by atoms with Gasteiger partial charge in [0.25, 0.3) is 0 Å². The van der Waals surface area contributed by atoms with E-state index in [1.807, 2.05) is 26.8 Å². The van der Waals surface area contributed by atoms with Crippen LogP contribution in [-0.2, 0) is 14.3 Å². The van der Waals surface area contributed by atoms with Gasteiger partial charge in [-0.2, -0.15) is 0 Å². The van der Waals surface area contributed by atoms with Crippen LogP contribution >= 0.6 is 0 Å². The minimum atomic E-state index is -1.59. The van der Waals surface area contributed by atoms with Gasteiger partial charge in [0.05, 0.1) is 6.61 Å². The zero-order chi connectivity index (χ0) is 22.9. The first-order valence-corrected chi connectivity index (χ1v) is 10.3. The van der Waals surface area contributed by atoms with E-state index in [2.05, 4.69) is 6.08 Å². The van der Waals surface area contributed by atoms with Gasteiger partial charge in [0.2, 0.25) is 0 Å². The van der Waals surface area contributed by atoms with Crippen LogP contribution in [0.1, 0.15) is 60.8 Å². The number of hydrogen-bond donors (Lipinski definition) is 2. The second-order valence-corrected chi connectivity index (χ2v) is 8.93. The van der Waals surface area contributed by atoms with Crippen LogP contribution < -0.4 is 0 Å². The van der Waals surface area contributed by atoms with Crippen molar-refractivity contribution in [3.05, 3.63) is 59.3 Å². The SMILES string of the molecule is CC(C)=CCCC1(C)C=CC(OC(=O)C=C(C)C)C(C)(O)/C=C/C(=O)/C(CO)=C\C1. The van der Waals surface area contributed by atoms with Crippen molar-refractivity contribution in [2.75, 3.05) is 6.61 Å². The van der Waals surface area contributed by atoms with Crippen LogP contribution in [0.5, 0.6) is 0 Å². The van der Waals surface area contributed by atoms with E-state index in [0.29, 0.717) is 6.42 Å². The quantitative estimate of drug-likeness (QED) is 0.382. The number of rotatable bonds is 6. The van der Waals surface area contributed by atoms with Crippen LogP contribution in [0.15, 0.2) is 59.3 Å². The number of hydrogen-bond acceptors (Lipinski definition) is 5. The van der Waals surface area contributed by atoms with Crippen LogP contribution in [0.3, 0.4) is 0 Å². The molecule has 5 heteroatoms. The largest absolute Gasteiger partial charge is 0.452 e. The molecule has 0 fully saturated rings. The number of esters is 1. The van der Waals surface area contributed by atoms with E-state index < -0.39 is 17.7 Å². The molecule has 0 aromatic heterocycles. The van der Waals surface area contributed by atoms with Gasteiger partial charge in [-0.25, -0.2) is 4.79 Å². The van der Waals surface area contributed by atoms with Crippen molar-refractivity contribution in [2.24, 2.45) is 5.41 Å². The minimum Gasteiger partial charge on any atom is -0.452 e. The summed E-state index contributed by atoms with van der Waals surface area (Å²) in [5.41, 5.74) is 0.344. The maximum Gasteiger partial charge on any atom is 0.331 e. The molecule has 0 aliphatic heterocycles. The van der Waals surface area contributed by atoms with Crippen LogP contribution in [0, 0.1) is 5.41 Å². The molecule has 0 bridgehead atoms. The molecule has 2 N–H and O–H groups in total. The van der Waals surface area contributed by atoms with Gasteiger partial charge in [-0.3, -0.25) is 4.79 Å². The molecular formula is C25H36O5. The predicted octanol–water partition coefficient (Wildman–Crippen LogP) is 4.37. The Bertz CT molecular complexity index is 771. The fraction of sp³-hybridized carbons (Fsp3) is 0.520. The van der Waals surface area contributed by atoms with E-state index >= 15 is 0 Å². The summed E-state index contributed by atoms with van der Waals surface area (Å²) in [7, 11) is 0. The molecule has 3 atom stereocenters. The van der Waals surface area contributed by atoms with Crippen molar-refractivity contribution >= 4 is 11.8 Å². The zero-order valence-corrected chi connectivity index (χ0v) is 19.1. The van der Waals surface area contributed by atoms with Crippen molar-refractivity contribution in [3.63, 3.8) is 0 Å². The summed E-state index contributed by atoms with van der Waals surface area (Å²) in [6, 6.07) is 0. The second kappa shape index (κ2) is 11.2. The van der Waals surface area contributed by atoms with Crippen LogP contribution in [-0.4, -0.2) is 40.3 Å². The number of ketones is 1. The number of carbonyl (C=O) groups excluding carboxylic acids is 2. The Labute approximate surface area is 180 Å². The monoisotopic (exact) mass is 416 g/mol. The molecule has 1 aliphatic rings. The Hall–Kier alpha value is -2.24. The molecule has 0 heterocycles. The molecular weight excluding hydrogens is 380 g/mol. The van der Waals surface area contributed by atoms with Crippen molar-refractivity contribution < 1.29 is 24.5 Å². The molecule has 0 spiro atoms. The molecule has 1 rings (SSSR count). The number of allylic oxidation sites excluding steroid dienone is 6. The van der Waals surface area contributed by atoms with Crippen molar-refractivity contribution in [3.8, 4) is 0 Å². The Morgan fingerprint density at radius 1 is 1.20 bits per heavy atom. The van der Waals surface area contributed by atoms with Gasteiger partial charge in [-0.1, -0.05) is 36.3 Å². The molecule has 5 nitrogen and oxygen atoms in total. The van der Waals surface area contributed by atoms with Gasteiger partial charge >= 0.3 is 5.97 Å². The molecule has 0 amide bonds. The summed E-state index contributed by atoms with van der Waals surface area (Å²) in [4.78, 5) is 24.7. The molecule has 3 unspecified atom stereocenters. The van der Waals surface area contributed by atoms with Gasteiger partial charge in [0.15, 0.2) is 11.9 Å². The smallest absolute Gasteiger partial charge is 0.331 e. The summed E-state index contributed by atoms with van der Waals surface area (Å²) in [6.07, 6.45) is 12.7. The average molecular weight is 417 g/mol. The van der Waals surface area contributed by atoms with Gasteiger partial charge in [0, 0.05) is 11.6 Å². The normalized spacial score (nSPS) is 29.8. The third-order valence-electron chi connectivity index (χ3n) is 5.04. The minimum absolute atomic E-state index is 0.281. The molecule has 0 radical (unpaired) electrons. The van der Waals surface area contributed by atoms with Gasteiger partial charge in [0.1, 0.15) is 5.60 Å². The first kappa shape index (κ1) is 25.8.